The van der Waals surface area contributed by atoms with Gasteiger partial charge in [-0.05, 0) is 55.0 Å². The number of nitriles is 1. The van der Waals surface area contributed by atoms with E-state index in [0.717, 1.165) is 0 Å². The topological polar surface area (TPSA) is 118 Å². The number of ether oxygens (including phenoxy) is 3. The Morgan fingerprint density at radius 2 is 1.72 bits per heavy atom. The fourth-order valence-corrected chi connectivity index (χ4v) is 2.41. The summed E-state index contributed by atoms with van der Waals surface area (Å²) in [6.07, 6.45) is 1.34. The number of carbonyl (C=O) groups excluding carboxylic acids is 2. The molecule has 0 aliphatic carbocycles. The largest absolute Gasteiger partial charge is 0.502 e. The van der Waals surface area contributed by atoms with Crippen molar-refractivity contribution in [1.82, 2.24) is 0 Å². The molecule has 2 aromatic carbocycles. The molecule has 2 N–H and O–H groups in total. The minimum Gasteiger partial charge on any atom is -0.502 e. The molecule has 8 heteroatoms. The predicted molar refractivity (Wildman–Crippen MR) is 106 cm³/mol. The van der Waals surface area contributed by atoms with E-state index in [0.29, 0.717) is 16.8 Å². The zero-order valence-electron chi connectivity index (χ0n) is 16.2. The van der Waals surface area contributed by atoms with Crippen molar-refractivity contribution in [3.8, 4) is 23.3 Å². The quantitative estimate of drug-likeness (QED) is 0.419. The summed E-state index contributed by atoms with van der Waals surface area (Å²) in [5, 5.41) is 21.9. The van der Waals surface area contributed by atoms with Gasteiger partial charge >= 0.3 is 5.97 Å². The van der Waals surface area contributed by atoms with Crippen LogP contribution in [0.4, 0.5) is 5.69 Å². The zero-order chi connectivity index (χ0) is 21.4. The van der Waals surface area contributed by atoms with Gasteiger partial charge in [0.2, 0.25) is 5.75 Å². The van der Waals surface area contributed by atoms with Crippen LogP contribution in [0.25, 0.3) is 6.08 Å². The van der Waals surface area contributed by atoms with Gasteiger partial charge in [-0.25, -0.2) is 4.79 Å². The van der Waals surface area contributed by atoms with Crippen LogP contribution in [0.1, 0.15) is 22.8 Å². The first kappa shape index (κ1) is 21.3. The average molecular weight is 396 g/mol. The van der Waals surface area contributed by atoms with Gasteiger partial charge in [0.25, 0.3) is 5.91 Å². The molecule has 0 spiro atoms. The lowest BCUT2D eigenvalue weighted by atomic mass is 10.1. The summed E-state index contributed by atoms with van der Waals surface area (Å²) in [6, 6.07) is 10.9. The molecular formula is C21H20N2O6. The molecule has 2 rings (SSSR count). The van der Waals surface area contributed by atoms with Crippen molar-refractivity contribution in [3.05, 3.63) is 53.1 Å². The van der Waals surface area contributed by atoms with Crippen LogP contribution in [0.3, 0.4) is 0 Å². The van der Waals surface area contributed by atoms with Crippen LogP contribution in [0, 0.1) is 11.3 Å². The first-order valence-corrected chi connectivity index (χ1v) is 8.58. The fourth-order valence-electron chi connectivity index (χ4n) is 2.41. The fraction of sp³-hybridized carbons (Fsp3) is 0.190. The maximum absolute atomic E-state index is 12.4. The van der Waals surface area contributed by atoms with Crippen molar-refractivity contribution in [2.75, 3.05) is 26.1 Å². The van der Waals surface area contributed by atoms with Crippen LogP contribution in [0.15, 0.2) is 42.0 Å². The van der Waals surface area contributed by atoms with Crippen molar-refractivity contribution in [1.29, 1.82) is 5.26 Å². The van der Waals surface area contributed by atoms with E-state index >= 15 is 0 Å². The smallest absolute Gasteiger partial charge is 0.338 e. The Labute approximate surface area is 167 Å². The molecule has 0 aliphatic rings. The third-order valence-corrected chi connectivity index (χ3v) is 3.83. The van der Waals surface area contributed by atoms with E-state index in [2.05, 4.69) is 5.32 Å². The molecule has 0 unspecified atom stereocenters. The number of phenolic OH excluding ortho intramolecular Hbond substituents is 1. The van der Waals surface area contributed by atoms with Gasteiger partial charge in [-0.15, -0.1) is 0 Å². The Morgan fingerprint density at radius 1 is 1.14 bits per heavy atom. The molecule has 0 aromatic heterocycles. The zero-order valence-corrected chi connectivity index (χ0v) is 16.2. The highest BCUT2D eigenvalue weighted by Crippen LogP contribution is 2.37. The lowest BCUT2D eigenvalue weighted by Gasteiger charge is -2.10. The maximum atomic E-state index is 12.4. The molecular weight excluding hydrogens is 376 g/mol. The number of aromatic hydroxyl groups is 1. The van der Waals surface area contributed by atoms with Crippen LogP contribution in [0.5, 0.6) is 17.2 Å². The van der Waals surface area contributed by atoms with E-state index in [9.17, 15) is 20.0 Å². The standard InChI is InChI=1S/C21H20N2O6/c1-4-29-21(26)14-5-7-16(8-6-14)23-20(25)15(12-22)9-13-10-17(27-2)19(24)18(11-13)28-3/h5-11,24H,4H2,1-3H3,(H,23,25)/b15-9+. The molecule has 0 bridgehead atoms. The van der Waals surface area contributed by atoms with Gasteiger partial charge in [0.15, 0.2) is 11.5 Å². The Kier molecular flexibility index (Phi) is 7.20. The third kappa shape index (κ3) is 5.26. The Balaban J connectivity index is 2.23. The summed E-state index contributed by atoms with van der Waals surface area (Å²) in [5.74, 6) is -0.997. The summed E-state index contributed by atoms with van der Waals surface area (Å²) in [4.78, 5) is 24.1. The first-order chi connectivity index (χ1) is 13.9. The van der Waals surface area contributed by atoms with Crippen molar-refractivity contribution in [3.63, 3.8) is 0 Å². The number of esters is 1. The van der Waals surface area contributed by atoms with Crippen molar-refractivity contribution in [2.45, 2.75) is 6.92 Å². The summed E-state index contributed by atoms with van der Waals surface area (Å²) < 4.78 is 15.0. The number of anilines is 1. The molecule has 0 saturated heterocycles. The van der Waals surface area contributed by atoms with Gasteiger partial charge in [-0.3, -0.25) is 4.79 Å². The molecule has 0 aliphatic heterocycles. The van der Waals surface area contributed by atoms with E-state index in [-0.39, 0.29) is 29.4 Å². The van der Waals surface area contributed by atoms with E-state index < -0.39 is 11.9 Å². The number of carbonyl (C=O) groups is 2. The van der Waals surface area contributed by atoms with Gasteiger partial charge in [0.05, 0.1) is 26.4 Å². The van der Waals surface area contributed by atoms with Gasteiger partial charge in [0.1, 0.15) is 11.6 Å². The molecule has 0 saturated carbocycles. The molecule has 29 heavy (non-hydrogen) atoms. The van der Waals surface area contributed by atoms with Crippen molar-refractivity contribution >= 4 is 23.6 Å². The minimum absolute atomic E-state index is 0.142. The van der Waals surface area contributed by atoms with Gasteiger partial charge in [-0.2, -0.15) is 5.26 Å². The van der Waals surface area contributed by atoms with E-state index in [1.165, 1.54) is 56.7 Å². The number of amides is 1. The number of hydrogen-bond donors (Lipinski definition) is 2. The molecule has 0 heterocycles. The summed E-state index contributed by atoms with van der Waals surface area (Å²) in [7, 11) is 2.75. The Bertz CT molecular complexity index is 949. The summed E-state index contributed by atoms with van der Waals surface area (Å²) in [5.41, 5.74) is 1.02. The van der Waals surface area contributed by atoms with E-state index in [1.54, 1.807) is 6.92 Å². The molecule has 2 aromatic rings. The van der Waals surface area contributed by atoms with Crippen LogP contribution in [0.2, 0.25) is 0 Å². The summed E-state index contributed by atoms with van der Waals surface area (Å²) >= 11 is 0. The monoisotopic (exact) mass is 396 g/mol. The molecule has 0 fully saturated rings. The average Bonchev–Trinajstić information content (AvgIpc) is 2.73. The lowest BCUT2D eigenvalue weighted by Crippen LogP contribution is -2.13. The number of phenols is 1. The van der Waals surface area contributed by atoms with Crippen LogP contribution < -0.4 is 14.8 Å². The lowest BCUT2D eigenvalue weighted by molar-refractivity contribution is -0.112. The van der Waals surface area contributed by atoms with Gasteiger partial charge in [0, 0.05) is 5.69 Å². The number of rotatable bonds is 7. The maximum Gasteiger partial charge on any atom is 0.338 e. The van der Waals surface area contributed by atoms with Crippen LogP contribution in [-0.4, -0.2) is 37.8 Å². The highest BCUT2D eigenvalue weighted by Gasteiger charge is 2.14. The molecule has 0 atom stereocenters. The van der Waals surface area contributed by atoms with Crippen molar-refractivity contribution < 1.29 is 28.9 Å². The number of hydrogen-bond acceptors (Lipinski definition) is 7. The van der Waals surface area contributed by atoms with Crippen molar-refractivity contribution in [2.24, 2.45) is 0 Å². The first-order valence-electron chi connectivity index (χ1n) is 8.58. The van der Waals surface area contributed by atoms with E-state index in [4.69, 9.17) is 14.2 Å². The van der Waals surface area contributed by atoms with Gasteiger partial charge in [-0.1, -0.05) is 0 Å². The Morgan fingerprint density at radius 3 is 2.21 bits per heavy atom. The normalized spacial score (nSPS) is 10.6. The van der Waals surface area contributed by atoms with Crippen LogP contribution >= 0.6 is 0 Å². The second-order valence-electron chi connectivity index (χ2n) is 5.70. The predicted octanol–water partition coefficient (Wildman–Crippen LogP) is 3.13. The van der Waals surface area contributed by atoms with Crippen LogP contribution in [-0.2, 0) is 9.53 Å². The minimum atomic E-state index is -0.637. The molecule has 1 amide bonds. The highest BCUT2D eigenvalue weighted by molar-refractivity contribution is 6.09. The van der Waals surface area contributed by atoms with E-state index in [1.807, 2.05) is 6.07 Å². The van der Waals surface area contributed by atoms with Gasteiger partial charge < -0.3 is 24.6 Å². The number of benzene rings is 2. The highest BCUT2D eigenvalue weighted by atomic mass is 16.5. The summed E-state index contributed by atoms with van der Waals surface area (Å²) in [6.45, 7) is 1.97. The number of nitrogens with one attached hydrogen (secondary N) is 1. The third-order valence-electron chi connectivity index (χ3n) is 3.83. The Hall–Kier alpha value is -3.99. The number of methoxy groups -OCH3 is 2. The molecule has 150 valence electrons. The molecule has 0 radical (unpaired) electrons. The second kappa shape index (κ2) is 9.80. The molecule has 8 nitrogen and oxygen atoms in total. The second-order valence-corrected chi connectivity index (χ2v) is 5.70. The number of nitrogens with zero attached hydrogens (tertiary/aromatic N) is 1. The SMILES string of the molecule is CCOC(=O)c1ccc(NC(=O)/C(C#N)=C/c2cc(OC)c(O)c(OC)c2)cc1.